The van der Waals surface area contributed by atoms with Crippen molar-refractivity contribution in [1.82, 2.24) is 4.90 Å². The Kier molecular flexibility index (Phi) is 3.46. The van der Waals surface area contributed by atoms with E-state index >= 15 is 0 Å². The van der Waals surface area contributed by atoms with Crippen molar-refractivity contribution in [2.75, 3.05) is 6.54 Å². The smallest absolute Gasteiger partial charge is 0.253 e. The average Bonchev–Trinajstić information content (AvgIpc) is 2.43. The molecule has 2 amide bonds. The fraction of sp³-hybridized carbons (Fsp3) is 0.444. The Hall–Kier alpha value is -1.10. The lowest BCUT2D eigenvalue weighted by Gasteiger charge is -2.13. The van der Waals surface area contributed by atoms with Crippen molar-refractivity contribution in [2.45, 2.75) is 18.6 Å². The molecule has 0 saturated carbocycles. The monoisotopic (exact) mass is 213 g/mol. The summed E-state index contributed by atoms with van der Waals surface area (Å²) < 4.78 is 0. The Bertz CT molecular complexity index is 291. The number of ketones is 1. The van der Waals surface area contributed by atoms with Crippen molar-refractivity contribution < 1.29 is 14.4 Å². The van der Waals surface area contributed by atoms with Crippen molar-refractivity contribution in [2.24, 2.45) is 0 Å². The Morgan fingerprint density at radius 1 is 1.43 bits per heavy atom. The van der Waals surface area contributed by atoms with Crippen molar-refractivity contribution in [3.8, 4) is 0 Å². The van der Waals surface area contributed by atoms with Gasteiger partial charge in [-0.15, -0.1) is 0 Å². The van der Waals surface area contributed by atoms with Crippen LogP contribution in [0.4, 0.5) is 0 Å². The zero-order valence-corrected chi connectivity index (χ0v) is 8.66. The quantitative estimate of drug-likeness (QED) is 0.535. The van der Waals surface area contributed by atoms with Crippen LogP contribution in [0.3, 0.4) is 0 Å². The van der Waals surface area contributed by atoms with Gasteiger partial charge in [0, 0.05) is 25.1 Å². The summed E-state index contributed by atoms with van der Waals surface area (Å²) >= 11 is 3.96. The van der Waals surface area contributed by atoms with Crippen LogP contribution in [0.2, 0.25) is 0 Å². The van der Waals surface area contributed by atoms with E-state index < -0.39 is 0 Å². The van der Waals surface area contributed by atoms with Crippen molar-refractivity contribution in [1.29, 1.82) is 0 Å². The minimum atomic E-state index is -0.352. The first-order valence-electron chi connectivity index (χ1n) is 4.26. The van der Waals surface area contributed by atoms with Gasteiger partial charge >= 0.3 is 0 Å². The zero-order chi connectivity index (χ0) is 10.7. The average molecular weight is 213 g/mol. The molecule has 0 aliphatic carbocycles. The largest absolute Gasteiger partial charge is 0.298 e. The first kappa shape index (κ1) is 11.0. The highest BCUT2D eigenvalue weighted by atomic mass is 32.1. The second kappa shape index (κ2) is 4.41. The molecule has 1 rings (SSSR count). The number of carbonyl (C=O) groups is 3. The molecule has 0 aromatic carbocycles. The Balaban J connectivity index is 2.43. The lowest BCUT2D eigenvalue weighted by molar-refractivity contribution is -0.137. The number of hydrogen-bond donors (Lipinski definition) is 1. The molecule has 1 aliphatic heterocycles. The third-order valence-corrected chi connectivity index (χ3v) is 2.24. The first-order valence-corrected chi connectivity index (χ1v) is 4.78. The predicted molar refractivity (Wildman–Crippen MR) is 53.9 cm³/mol. The standard InChI is InChI=1S/C9H11NO3S/c1-6(14)7(11)4-5-10-8(12)2-3-9(10)13/h2-3,6,14H,4-5H2,1H3. The van der Waals surface area contributed by atoms with Crippen LogP contribution in [0.1, 0.15) is 13.3 Å². The summed E-state index contributed by atoms with van der Waals surface area (Å²) in [7, 11) is 0. The maximum Gasteiger partial charge on any atom is 0.253 e. The summed E-state index contributed by atoms with van der Waals surface area (Å²) in [5, 5.41) is -0.351. The number of rotatable bonds is 4. The second-order valence-electron chi connectivity index (χ2n) is 3.05. The van der Waals surface area contributed by atoms with E-state index in [4.69, 9.17) is 0 Å². The molecule has 0 radical (unpaired) electrons. The van der Waals surface area contributed by atoms with Crippen molar-refractivity contribution in [3.63, 3.8) is 0 Å². The molecule has 1 unspecified atom stereocenters. The lowest BCUT2D eigenvalue weighted by Crippen LogP contribution is -2.32. The fourth-order valence-electron chi connectivity index (χ4n) is 1.08. The van der Waals surface area contributed by atoms with Crippen LogP contribution in [-0.2, 0) is 14.4 Å². The molecule has 14 heavy (non-hydrogen) atoms. The van der Waals surface area contributed by atoms with Crippen molar-refractivity contribution in [3.05, 3.63) is 12.2 Å². The van der Waals surface area contributed by atoms with Gasteiger partial charge in [-0.25, -0.2) is 0 Å². The molecule has 0 fully saturated rings. The molecule has 0 spiro atoms. The SMILES string of the molecule is CC(S)C(=O)CCN1C(=O)C=CC1=O. The minimum absolute atomic E-state index is 0.0687. The van der Waals surface area contributed by atoms with E-state index in [1.165, 1.54) is 12.2 Å². The molecular weight excluding hydrogens is 202 g/mol. The molecule has 0 saturated heterocycles. The molecule has 1 aliphatic rings. The number of Topliss-reactive ketones (excluding diaryl/α,β-unsaturated/α-hetero) is 1. The Labute approximate surface area is 87.4 Å². The summed E-state index contributed by atoms with van der Waals surface area (Å²) in [5.74, 6) is -0.773. The number of thiol groups is 1. The van der Waals surface area contributed by atoms with Gasteiger partial charge in [-0.3, -0.25) is 19.3 Å². The van der Waals surface area contributed by atoms with Gasteiger partial charge in [0.2, 0.25) is 0 Å². The van der Waals surface area contributed by atoms with Crippen LogP contribution in [0.25, 0.3) is 0 Å². The Morgan fingerprint density at radius 3 is 2.36 bits per heavy atom. The molecule has 4 nitrogen and oxygen atoms in total. The number of imide groups is 1. The third kappa shape index (κ3) is 2.45. The van der Waals surface area contributed by atoms with Crippen LogP contribution >= 0.6 is 12.6 Å². The summed E-state index contributed by atoms with van der Waals surface area (Å²) in [6, 6.07) is 0. The highest BCUT2D eigenvalue weighted by molar-refractivity contribution is 7.81. The molecule has 0 bridgehead atoms. The van der Waals surface area contributed by atoms with Gasteiger partial charge in [-0.2, -0.15) is 12.6 Å². The number of carbonyl (C=O) groups excluding carboxylic acids is 3. The normalized spacial score (nSPS) is 17.7. The first-order chi connectivity index (χ1) is 6.52. The summed E-state index contributed by atoms with van der Waals surface area (Å²) in [6.45, 7) is 1.81. The van der Waals surface area contributed by atoms with Gasteiger partial charge < -0.3 is 0 Å². The van der Waals surface area contributed by atoms with E-state index in [1.54, 1.807) is 6.92 Å². The second-order valence-corrected chi connectivity index (χ2v) is 3.83. The van der Waals surface area contributed by atoms with Gasteiger partial charge in [0.05, 0.1) is 5.25 Å². The molecule has 0 N–H and O–H groups in total. The lowest BCUT2D eigenvalue weighted by atomic mass is 10.2. The third-order valence-electron chi connectivity index (χ3n) is 1.95. The van der Waals surface area contributed by atoms with Gasteiger partial charge in [0.15, 0.2) is 0 Å². The number of hydrogen-bond acceptors (Lipinski definition) is 4. The van der Waals surface area contributed by atoms with Gasteiger partial charge in [-0.05, 0) is 6.92 Å². The molecule has 76 valence electrons. The van der Waals surface area contributed by atoms with E-state index in [0.717, 1.165) is 4.90 Å². The van der Waals surface area contributed by atoms with Crippen LogP contribution in [0.5, 0.6) is 0 Å². The van der Waals surface area contributed by atoms with E-state index in [2.05, 4.69) is 12.6 Å². The van der Waals surface area contributed by atoms with Gasteiger partial charge in [0.25, 0.3) is 11.8 Å². The van der Waals surface area contributed by atoms with Crippen LogP contribution < -0.4 is 0 Å². The molecule has 0 aromatic heterocycles. The van der Waals surface area contributed by atoms with E-state index in [0.29, 0.717) is 0 Å². The highest BCUT2D eigenvalue weighted by Gasteiger charge is 2.23. The highest BCUT2D eigenvalue weighted by Crippen LogP contribution is 2.06. The molecule has 5 heteroatoms. The zero-order valence-electron chi connectivity index (χ0n) is 7.77. The molecule has 1 heterocycles. The van der Waals surface area contributed by atoms with Crippen molar-refractivity contribution >= 4 is 30.2 Å². The maximum absolute atomic E-state index is 11.2. The maximum atomic E-state index is 11.2. The Morgan fingerprint density at radius 2 is 1.93 bits per heavy atom. The van der Waals surface area contributed by atoms with Crippen LogP contribution in [0.15, 0.2) is 12.2 Å². The van der Waals surface area contributed by atoms with Gasteiger partial charge in [0.1, 0.15) is 5.78 Å². The predicted octanol–water partition coefficient (Wildman–Crippen LogP) is 0.189. The minimum Gasteiger partial charge on any atom is -0.298 e. The van der Waals surface area contributed by atoms with E-state index in [-0.39, 0.29) is 35.8 Å². The number of amides is 2. The fourth-order valence-corrected chi connectivity index (χ4v) is 1.21. The molecule has 0 aromatic rings. The summed E-state index contributed by atoms with van der Waals surface area (Å²) in [5.41, 5.74) is 0. The van der Waals surface area contributed by atoms with Crippen LogP contribution in [0, 0.1) is 0 Å². The molecule has 1 atom stereocenters. The topological polar surface area (TPSA) is 54.5 Å². The molecular formula is C9H11NO3S. The van der Waals surface area contributed by atoms with E-state index in [9.17, 15) is 14.4 Å². The number of nitrogens with zero attached hydrogens (tertiary/aromatic N) is 1. The summed E-state index contributed by atoms with van der Waals surface area (Å²) in [4.78, 5) is 34.3. The summed E-state index contributed by atoms with van der Waals surface area (Å²) in [6.07, 6.45) is 2.58. The van der Waals surface area contributed by atoms with Crippen LogP contribution in [-0.4, -0.2) is 34.3 Å². The van der Waals surface area contributed by atoms with Gasteiger partial charge in [-0.1, -0.05) is 0 Å². The van der Waals surface area contributed by atoms with E-state index in [1.807, 2.05) is 0 Å².